The van der Waals surface area contributed by atoms with Gasteiger partial charge in [0.2, 0.25) is 10.0 Å². The Balaban J connectivity index is 2.23. The minimum absolute atomic E-state index is 0.0494. The minimum Gasteiger partial charge on any atom is -0.481 e. The van der Waals surface area contributed by atoms with Crippen LogP contribution in [0.5, 0.6) is 0 Å². The van der Waals surface area contributed by atoms with Crippen LogP contribution in [0.15, 0.2) is 0 Å². The van der Waals surface area contributed by atoms with Crippen molar-refractivity contribution in [2.45, 2.75) is 37.6 Å². The normalized spacial score (nSPS) is 28.5. The summed E-state index contributed by atoms with van der Waals surface area (Å²) in [5.74, 6) is -0.731. The third-order valence-corrected chi connectivity index (χ3v) is 5.44. The van der Waals surface area contributed by atoms with Gasteiger partial charge in [-0.1, -0.05) is 0 Å². The molecule has 1 N–H and O–H groups in total. The van der Waals surface area contributed by atoms with E-state index in [0.717, 1.165) is 6.42 Å². The zero-order chi connectivity index (χ0) is 11.1. The molecule has 0 bridgehead atoms. The molecule has 0 atom stereocenters. The average molecular weight is 233 g/mol. The lowest BCUT2D eigenvalue weighted by Gasteiger charge is -2.46. The first kappa shape index (κ1) is 10.9. The maximum absolute atomic E-state index is 11.7. The van der Waals surface area contributed by atoms with E-state index >= 15 is 0 Å². The van der Waals surface area contributed by atoms with Gasteiger partial charge in [-0.2, -0.15) is 4.31 Å². The molecule has 86 valence electrons. The molecule has 0 aromatic heterocycles. The standard InChI is InChI=1S/C9H15NO4S/c11-8(12)7-9(3-1-4-9)10-5-2-6-15(10,13)14/h1-7H2,(H,11,12). The molecule has 0 amide bonds. The van der Waals surface area contributed by atoms with Crippen molar-refractivity contribution in [1.82, 2.24) is 4.31 Å². The van der Waals surface area contributed by atoms with Gasteiger partial charge in [0.15, 0.2) is 0 Å². The maximum atomic E-state index is 11.7. The minimum atomic E-state index is -3.18. The highest BCUT2D eigenvalue weighted by atomic mass is 32.2. The van der Waals surface area contributed by atoms with E-state index in [9.17, 15) is 13.2 Å². The summed E-state index contributed by atoms with van der Waals surface area (Å²) in [6, 6.07) is 0. The average Bonchev–Trinajstić information content (AvgIpc) is 2.38. The van der Waals surface area contributed by atoms with Crippen molar-refractivity contribution in [3.05, 3.63) is 0 Å². The Labute approximate surface area is 89.1 Å². The highest BCUT2D eigenvalue weighted by Crippen LogP contribution is 2.43. The zero-order valence-corrected chi connectivity index (χ0v) is 9.29. The van der Waals surface area contributed by atoms with Crippen LogP contribution >= 0.6 is 0 Å². The van der Waals surface area contributed by atoms with Crippen molar-refractivity contribution in [3.63, 3.8) is 0 Å². The van der Waals surface area contributed by atoms with Crippen LogP contribution in [0.3, 0.4) is 0 Å². The van der Waals surface area contributed by atoms with Gasteiger partial charge in [-0.25, -0.2) is 8.42 Å². The molecule has 6 heteroatoms. The molecule has 1 heterocycles. The van der Waals surface area contributed by atoms with Crippen molar-refractivity contribution in [1.29, 1.82) is 0 Å². The number of carboxylic acid groups (broad SMARTS) is 1. The fourth-order valence-electron chi connectivity index (χ4n) is 2.55. The predicted octanol–water partition coefficient (Wildman–Crippen LogP) is 0.419. The summed E-state index contributed by atoms with van der Waals surface area (Å²) in [6.45, 7) is 0.496. The number of carboxylic acids is 1. The summed E-state index contributed by atoms with van der Waals surface area (Å²) in [4.78, 5) is 10.8. The van der Waals surface area contributed by atoms with Crippen LogP contribution < -0.4 is 0 Å². The Hall–Kier alpha value is -0.620. The second-order valence-electron chi connectivity index (χ2n) is 4.39. The molecule has 0 radical (unpaired) electrons. The Kier molecular flexibility index (Phi) is 2.50. The second kappa shape index (κ2) is 3.45. The van der Waals surface area contributed by atoms with Crippen LogP contribution in [0, 0.1) is 0 Å². The van der Waals surface area contributed by atoms with E-state index in [-0.39, 0.29) is 12.2 Å². The molecule has 2 fully saturated rings. The monoisotopic (exact) mass is 233 g/mol. The molecule has 5 nitrogen and oxygen atoms in total. The Morgan fingerprint density at radius 1 is 1.33 bits per heavy atom. The molecule has 0 spiro atoms. The van der Waals surface area contributed by atoms with Crippen LogP contribution in [0.1, 0.15) is 32.1 Å². The molecule has 1 saturated carbocycles. The summed E-state index contributed by atoms with van der Waals surface area (Å²) < 4.78 is 24.9. The molecule has 1 aliphatic heterocycles. The van der Waals surface area contributed by atoms with Gasteiger partial charge in [-0.05, 0) is 25.7 Å². The molecule has 1 saturated heterocycles. The molecular weight excluding hydrogens is 218 g/mol. The molecule has 0 aromatic rings. The maximum Gasteiger partial charge on any atom is 0.305 e. The van der Waals surface area contributed by atoms with Gasteiger partial charge in [0.25, 0.3) is 0 Å². The van der Waals surface area contributed by atoms with E-state index in [1.807, 2.05) is 0 Å². The topological polar surface area (TPSA) is 74.7 Å². The van der Waals surface area contributed by atoms with Crippen LogP contribution in [0.4, 0.5) is 0 Å². The summed E-state index contributed by atoms with van der Waals surface area (Å²) in [6.07, 6.45) is 2.90. The van der Waals surface area contributed by atoms with Gasteiger partial charge in [0.05, 0.1) is 12.2 Å². The number of hydrogen-bond acceptors (Lipinski definition) is 3. The number of carbonyl (C=O) groups is 1. The lowest BCUT2D eigenvalue weighted by Crippen LogP contribution is -2.55. The number of nitrogens with zero attached hydrogens (tertiary/aromatic N) is 1. The van der Waals surface area contributed by atoms with Crippen LogP contribution in [0.25, 0.3) is 0 Å². The molecule has 15 heavy (non-hydrogen) atoms. The fraction of sp³-hybridized carbons (Fsp3) is 0.889. The van der Waals surface area contributed by atoms with Gasteiger partial charge in [-0.15, -0.1) is 0 Å². The smallest absolute Gasteiger partial charge is 0.305 e. The van der Waals surface area contributed by atoms with Gasteiger partial charge in [0.1, 0.15) is 0 Å². The third-order valence-electron chi connectivity index (χ3n) is 3.39. The predicted molar refractivity (Wildman–Crippen MR) is 53.9 cm³/mol. The first-order chi connectivity index (χ1) is 6.96. The van der Waals surface area contributed by atoms with Gasteiger partial charge < -0.3 is 5.11 Å². The SMILES string of the molecule is O=C(O)CC1(N2CCCS2(=O)=O)CCC1. The van der Waals surface area contributed by atoms with Crippen molar-refractivity contribution >= 4 is 16.0 Å². The van der Waals surface area contributed by atoms with Crippen LogP contribution in [-0.2, 0) is 14.8 Å². The molecule has 2 rings (SSSR count). The van der Waals surface area contributed by atoms with E-state index in [1.54, 1.807) is 0 Å². The highest BCUT2D eigenvalue weighted by Gasteiger charge is 2.50. The van der Waals surface area contributed by atoms with Crippen molar-refractivity contribution in [3.8, 4) is 0 Å². The first-order valence-corrected chi connectivity index (χ1v) is 6.80. The molecule has 0 aromatic carbocycles. The van der Waals surface area contributed by atoms with E-state index in [4.69, 9.17) is 5.11 Å². The van der Waals surface area contributed by atoms with Crippen LogP contribution in [-0.4, -0.2) is 41.6 Å². The van der Waals surface area contributed by atoms with Gasteiger partial charge in [0, 0.05) is 12.1 Å². The van der Waals surface area contributed by atoms with E-state index in [0.29, 0.717) is 25.8 Å². The molecule has 2 aliphatic rings. The fourth-order valence-corrected chi connectivity index (χ4v) is 4.51. The van der Waals surface area contributed by atoms with Gasteiger partial charge in [-0.3, -0.25) is 4.79 Å². The number of rotatable bonds is 3. The lowest BCUT2D eigenvalue weighted by molar-refractivity contribution is -0.141. The molecule has 0 unspecified atom stereocenters. The quantitative estimate of drug-likeness (QED) is 0.766. The largest absolute Gasteiger partial charge is 0.481 e. The summed E-state index contributed by atoms with van der Waals surface area (Å²) in [5.41, 5.74) is -0.596. The Bertz CT molecular complexity index is 372. The summed E-state index contributed by atoms with van der Waals surface area (Å²) in [5, 5.41) is 8.82. The number of aliphatic carboxylic acids is 1. The highest BCUT2D eigenvalue weighted by molar-refractivity contribution is 7.89. The van der Waals surface area contributed by atoms with E-state index < -0.39 is 21.5 Å². The number of hydrogen-bond donors (Lipinski definition) is 1. The zero-order valence-electron chi connectivity index (χ0n) is 8.48. The Morgan fingerprint density at radius 3 is 2.33 bits per heavy atom. The van der Waals surface area contributed by atoms with E-state index in [1.165, 1.54) is 4.31 Å². The van der Waals surface area contributed by atoms with Crippen molar-refractivity contribution in [2.75, 3.05) is 12.3 Å². The third kappa shape index (κ3) is 1.76. The Morgan fingerprint density at radius 2 is 2.00 bits per heavy atom. The van der Waals surface area contributed by atoms with Crippen molar-refractivity contribution < 1.29 is 18.3 Å². The summed E-state index contributed by atoms with van der Waals surface area (Å²) >= 11 is 0. The lowest BCUT2D eigenvalue weighted by atomic mass is 9.74. The molecule has 1 aliphatic carbocycles. The van der Waals surface area contributed by atoms with Crippen molar-refractivity contribution in [2.24, 2.45) is 0 Å². The van der Waals surface area contributed by atoms with Gasteiger partial charge >= 0.3 is 5.97 Å². The first-order valence-electron chi connectivity index (χ1n) is 5.19. The second-order valence-corrected chi connectivity index (χ2v) is 6.40. The number of sulfonamides is 1. The molecular formula is C9H15NO4S. The van der Waals surface area contributed by atoms with Crippen LogP contribution in [0.2, 0.25) is 0 Å². The summed E-state index contributed by atoms with van der Waals surface area (Å²) in [7, 11) is -3.18. The van der Waals surface area contributed by atoms with E-state index in [2.05, 4.69) is 0 Å².